The Morgan fingerprint density at radius 2 is 2.00 bits per heavy atom. The van der Waals surface area contributed by atoms with E-state index in [0.29, 0.717) is 0 Å². The van der Waals surface area contributed by atoms with Crippen molar-refractivity contribution in [2.24, 2.45) is 0 Å². The number of hydrogen-bond donors (Lipinski definition) is 2. The fourth-order valence-electron chi connectivity index (χ4n) is 1.20. The first-order valence-electron chi connectivity index (χ1n) is 3.92. The Labute approximate surface area is 77.4 Å². The van der Waals surface area contributed by atoms with E-state index in [4.69, 9.17) is 5.11 Å². The van der Waals surface area contributed by atoms with E-state index in [1.54, 1.807) is 0 Å². The van der Waals surface area contributed by atoms with Gasteiger partial charge in [-0.3, -0.25) is 4.79 Å². The summed E-state index contributed by atoms with van der Waals surface area (Å²) in [6, 6.07) is 0. The minimum atomic E-state index is -0.746. The van der Waals surface area contributed by atoms with Crippen LogP contribution in [0.5, 0.6) is 0 Å². The zero-order valence-electron chi connectivity index (χ0n) is 6.79. The lowest BCUT2D eigenvalue weighted by Crippen LogP contribution is -2.01. The molecule has 1 N–H and O–H groups in total. The first kappa shape index (κ1) is 9.39. The summed E-state index contributed by atoms with van der Waals surface area (Å²) in [5.74, 6) is 0.0283. The highest BCUT2D eigenvalue weighted by Crippen LogP contribution is 2.21. The molecule has 0 amide bonds. The highest BCUT2D eigenvalue weighted by molar-refractivity contribution is 7.80. The number of aliphatic carboxylic acids is 1. The average Bonchev–Trinajstić information content (AvgIpc) is 2.05. The van der Waals surface area contributed by atoms with Gasteiger partial charge in [0, 0.05) is 5.75 Å². The van der Waals surface area contributed by atoms with Crippen LogP contribution in [0.25, 0.3) is 0 Å². The molecule has 0 saturated heterocycles. The summed E-state index contributed by atoms with van der Waals surface area (Å²) in [5, 5.41) is 8.51. The van der Waals surface area contributed by atoms with Crippen molar-refractivity contribution in [1.29, 1.82) is 0 Å². The number of carboxylic acids is 1. The Kier molecular flexibility index (Phi) is 3.41. The first-order chi connectivity index (χ1) is 5.72. The summed E-state index contributed by atoms with van der Waals surface area (Å²) in [5.41, 5.74) is 2.29. The van der Waals surface area contributed by atoms with Crippen molar-refractivity contribution < 1.29 is 9.90 Å². The molecule has 0 aromatic carbocycles. The highest BCUT2D eigenvalue weighted by Gasteiger charge is 2.07. The predicted molar refractivity (Wildman–Crippen MR) is 51.5 cm³/mol. The van der Waals surface area contributed by atoms with Crippen molar-refractivity contribution in [3.63, 3.8) is 0 Å². The Bertz CT molecular complexity index is 241. The topological polar surface area (TPSA) is 37.3 Å². The molecule has 12 heavy (non-hydrogen) atoms. The van der Waals surface area contributed by atoms with Gasteiger partial charge in [-0.25, -0.2) is 0 Å². The molecule has 0 aromatic heterocycles. The summed E-state index contributed by atoms with van der Waals surface area (Å²) in [4.78, 5) is 10.3. The SMILES string of the molecule is O=C(O)CC1=CC=C(CS)CC1. The van der Waals surface area contributed by atoms with E-state index >= 15 is 0 Å². The van der Waals surface area contributed by atoms with Crippen LogP contribution in [0.4, 0.5) is 0 Å². The van der Waals surface area contributed by atoms with Gasteiger partial charge >= 0.3 is 5.97 Å². The quantitative estimate of drug-likeness (QED) is 0.659. The van der Waals surface area contributed by atoms with Gasteiger partial charge in [0.1, 0.15) is 0 Å². The molecule has 1 aliphatic rings. The number of rotatable bonds is 3. The number of carbonyl (C=O) groups is 1. The van der Waals surface area contributed by atoms with Crippen molar-refractivity contribution in [1.82, 2.24) is 0 Å². The van der Waals surface area contributed by atoms with Crippen LogP contribution >= 0.6 is 12.6 Å². The third-order valence-electron chi connectivity index (χ3n) is 1.90. The molecule has 2 nitrogen and oxygen atoms in total. The molecule has 0 saturated carbocycles. The van der Waals surface area contributed by atoms with Gasteiger partial charge in [0.15, 0.2) is 0 Å². The Balaban J connectivity index is 2.54. The molecule has 0 bridgehead atoms. The molecule has 0 radical (unpaired) electrons. The summed E-state index contributed by atoms with van der Waals surface area (Å²) < 4.78 is 0. The maximum Gasteiger partial charge on any atom is 0.307 e. The predicted octanol–water partition coefficient (Wildman–Crippen LogP) is 2.04. The molecule has 0 spiro atoms. The summed E-state index contributed by atoms with van der Waals surface area (Å²) in [6.07, 6.45) is 5.90. The Morgan fingerprint density at radius 3 is 2.42 bits per heavy atom. The zero-order chi connectivity index (χ0) is 8.97. The van der Waals surface area contributed by atoms with E-state index in [1.165, 1.54) is 5.57 Å². The van der Waals surface area contributed by atoms with Crippen molar-refractivity contribution >= 4 is 18.6 Å². The maximum atomic E-state index is 10.3. The molecule has 0 atom stereocenters. The highest BCUT2D eigenvalue weighted by atomic mass is 32.1. The fourth-order valence-corrected chi connectivity index (χ4v) is 1.46. The van der Waals surface area contributed by atoms with Crippen molar-refractivity contribution in [3.05, 3.63) is 23.3 Å². The molecular formula is C9H12O2S. The summed E-state index contributed by atoms with van der Waals surface area (Å²) >= 11 is 4.15. The molecule has 0 aromatic rings. The lowest BCUT2D eigenvalue weighted by atomic mass is 9.97. The lowest BCUT2D eigenvalue weighted by molar-refractivity contribution is -0.136. The minimum Gasteiger partial charge on any atom is -0.481 e. The van der Waals surface area contributed by atoms with Crippen LogP contribution in [0, 0.1) is 0 Å². The summed E-state index contributed by atoms with van der Waals surface area (Å²) in [6.45, 7) is 0. The molecule has 0 heterocycles. The first-order valence-corrected chi connectivity index (χ1v) is 4.55. The molecule has 3 heteroatoms. The molecule has 0 unspecified atom stereocenters. The molecular weight excluding hydrogens is 172 g/mol. The molecule has 1 aliphatic carbocycles. The van der Waals surface area contributed by atoms with Crippen LogP contribution in [-0.2, 0) is 4.79 Å². The number of allylic oxidation sites excluding steroid dienone is 2. The normalized spacial score (nSPS) is 16.8. The molecule has 66 valence electrons. The van der Waals surface area contributed by atoms with Crippen LogP contribution in [0.1, 0.15) is 19.3 Å². The van der Waals surface area contributed by atoms with Gasteiger partial charge in [-0.05, 0) is 12.8 Å². The largest absolute Gasteiger partial charge is 0.481 e. The van der Waals surface area contributed by atoms with E-state index in [-0.39, 0.29) is 6.42 Å². The third kappa shape index (κ3) is 2.74. The molecule has 0 fully saturated rings. The average molecular weight is 184 g/mol. The van der Waals surface area contributed by atoms with Gasteiger partial charge < -0.3 is 5.11 Å². The second kappa shape index (κ2) is 4.36. The standard InChI is InChI=1S/C9H12O2S/c10-9(11)5-7-1-3-8(6-12)4-2-7/h1,3,12H,2,4-6H2,(H,10,11). The number of carboxylic acid groups (broad SMARTS) is 1. The minimum absolute atomic E-state index is 0.177. The van der Waals surface area contributed by atoms with E-state index in [2.05, 4.69) is 12.6 Å². The van der Waals surface area contributed by atoms with Crippen molar-refractivity contribution in [2.45, 2.75) is 19.3 Å². The zero-order valence-corrected chi connectivity index (χ0v) is 7.68. The van der Waals surface area contributed by atoms with E-state index in [9.17, 15) is 4.79 Å². The second-order valence-corrected chi connectivity index (χ2v) is 3.19. The second-order valence-electron chi connectivity index (χ2n) is 2.88. The van der Waals surface area contributed by atoms with Crippen LogP contribution in [0.3, 0.4) is 0 Å². The van der Waals surface area contributed by atoms with Crippen molar-refractivity contribution in [3.8, 4) is 0 Å². The fraction of sp³-hybridized carbons (Fsp3) is 0.444. The van der Waals surface area contributed by atoms with Crippen LogP contribution in [0.15, 0.2) is 23.3 Å². The van der Waals surface area contributed by atoms with Crippen molar-refractivity contribution in [2.75, 3.05) is 5.75 Å². The molecule has 1 rings (SSSR count). The van der Waals surface area contributed by atoms with Gasteiger partial charge in [0.2, 0.25) is 0 Å². The number of thiol groups is 1. The van der Waals surface area contributed by atoms with E-state index < -0.39 is 5.97 Å². The van der Waals surface area contributed by atoms with Crippen LogP contribution < -0.4 is 0 Å². The van der Waals surface area contributed by atoms with Crippen LogP contribution in [0.2, 0.25) is 0 Å². The van der Waals surface area contributed by atoms with Gasteiger partial charge in [-0.15, -0.1) is 0 Å². The Morgan fingerprint density at radius 1 is 1.42 bits per heavy atom. The van der Waals surface area contributed by atoms with E-state index in [1.807, 2.05) is 12.2 Å². The van der Waals surface area contributed by atoms with E-state index in [0.717, 1.165) is 24.2 Å². The third-order valence-corrected chi connectivity index (χ3v) is 2.31. The van der Waals surface area contributed by atoms with Gasteiger partial charge in [0.05, 0.1) is 6.42 Å². The monoisotopic (exact) mass is 184 g/mol. The Hall–Kier alpha value is -0.700. The lowest BCUT2D eigenvalue weighted by Gasteiger charge is -2.11. The van der Waals surface area contributed by atoms with Gasteiger partial charge in [-0.2, -0.15) is 12.6 Å². The van der Waals surface area contributed by atoms with Gasteiger partial charge in [-0.1, -0.05) is 23.3 Å². The number of hydrogen-bond acceptors (Lipinski definition) is 2. The summed E-state index contributed by atoms with van der Waals surface area (Å²) in [7, 11) is 0. The smallest absolute Gasteiger partial charge is 0.307 e. The maximum absolute atomic E-state index is 10.3. The molecule has 0 aliphatic heterocycles. The van der Waals surface area contributed by atoms with Crippen LogP contribution in [-0.4, -0.2) is 16.8 Å². The van der Waals surface area contributed by atoms with Gasteiger partial charge in [0.25, 0.3) is 0 Å².